The summed E-state index contributed by atoms with van der Waals surface area (Å²) >= 11 is 3.21. The molecule has 0 saturated carbocycles. The molecule has 1 aromatic carbocycles. The summed E-state index contributed by atoms with van der Waals surface area (Å²) in [6.07, 6.45) is 1.25. The molecular formula is C12H16BrFO2. The standard InChI is InChI=1S/C12H16BrFO2/c1-3-12(15,4-2)8-16-11-6-5-9(14)7-10(11)13/h5-7,15H,3-4,8H2,1-2H3. The predicted molar refractivity (Wildman–Crippen MR) is 65.1 cm³/mol. The first-order valence-corrected chi connectivity index (χ1v) is 6.10. The second kappa shape index (κ2) is 5.64. The lowest BCUT2D eigenvalue weighted by molar-refractivity contribution is -0.0115. The molecule has 0 heterocycles. The van der Waals surface area contributed by atoms with Crippen molar-refractivity contribution in [1.82, 2.24) is 0 Å². The molecule has 0 unspecified atom stereocenters. The van der Waals surface area contributed by atoms with Crippen molar-refractivity contribution >= 4 is 15.9 Å². The summed E-state index contributed by atoms with van der Waals surface area (Å²) in [5.74, 6) is 0.224. The van der Waals surface area contributed by atoms with Crippen LogP contribution in [0.25, 0.3) is 0 Å². The minimum Gasteiger partial charge on any atom is -0.489 e. The van der Waals surface area contributed by atoms with Crippen molar-refractivity contribution in [3.8, 4) is 5.75 Å². The van der Waals surface area contributed by atoms with Crippen LogP contribution in [-0.4, -0.2) is 17.3 Å². The Hall–Kier alpha value is -0.610. The van der Waals surface area contributed by atoms with Gasteiger partial charge in [-0.1, -0.05) is 13.8 Å². The van der Waals surface area contributed by atoms with Gasteiger partial charge in [-0.2, -0.15) is 0 Å². The molecule has 0 bridgehead atoms. The van der Waals surface area contributed by atoms with Crippen LogP contribution >= 0.6 is 15.9 Å². The Morgan fingerprint density at radius 3 is 2.50 bits per heavy atom. The molecule has 0 fully saturated rings. The van der Waals surface area contributed by atoms with Gasteiger partial charge < -0.3 is 9.84 Å². The molecule has 0 aliphatic rings. The highest BCUT2D eigenvalue weighted by atomic mass is 79.9. The fourth-order valence-corrected chi connectivity index (χ4v) is 1.72. The lowest BCUT2D eigenvalue weighted by atomic mass is 9.99. The lowest BCUT2D eigenvalue weighted by Crippen LogP contribution is -2.34. The molecule has 0 saturated heterocycles. The minimum absolute atomic E-state index is 0.213. The van der Waals surface area contributed by atoms with Crippen LogP contribution in [0, 0.1) is 5.82 Å². The van der Waals surface area contributed by atoms with Crippen LogP contribution in [0.4, 0.5) is 4.39 Å². The summed E-state index contributed by atoms with van der Waals surface area (Å²) in [6.45, 7) is 4.03. The van der Waals surface area contributed by atoms with E-state index in [2.05, 4.69) is 15.9 Å². The fourth-order valence-electron chi connectivity index (χ4n) is 1.26. The first kappa shape index (κ1) is 13.5. The molecule has 0 amide bonds. The van der Waals surface area contributed by atoms with Crippen molar-refractivity contribution in [3.63, 3.8) is 0 Å². The van der Waals surface area contributed by atoms with E-state index < -0.39 is 5.60 Å². The van der Waals surface area contributed by atoms with Gasteiger partial charge in [-0.15, -0.1) is 0 Å². The van der Waals surface area contributed by atoms with Crippen LogP contribution in [-0.2, 0) is 0 Å². The average molecular weight is 291 g/mol. The van der Waals surface area contributed by atoms with Crippen LogP contribution in [0.1, 0.15) is 26.7 Å². The molecule has 0 aromatic heterocycles. The largest absolute Gasteiger partial charge is 0.489 e. The number of hydrogen-bond donors (Lipinski definition) is 1. The van der Waals surface area contributed by atoms with Crippen molar-refractivity contribution < 1.29 is 14.2 Å². The Morgan fingerprint density at radius 1 is 1.38 bits per heavy atom. The van der Waals surface area contributed by atoms with Gasteiger partial charge in [0.15, 0.2) is 0 Å². The zero-order chi connectivity index (χ0) is 12.2. The van der Waals surface area contributed by atoms with Crippen LogP contribution in [0.3, 0.4) is 0 Å². The SMILES string of the molecule is CCC(O)(CC)COc1ccc(F)cc1Br. The van der Waals surface area contributed by atoms with E-state index in [1.54, 1.807) is 6.07 Å². The second-order valence-electron chi connectivity index (χ2n) is 3.79. The van der Waals surface area contributed by atoms with E-state index in [-0.39, 0.29) is 12.4 Å². The zero-order valence-electron chi connectivity index (χ0n) is 9.46. The fraction of sp³-hybridized carbons (Fsp3) is 0.500. The van der Waals surface area contributed by atoms with Crippen molar-refractivity contribution in [2.24, 2.45) is 0 Å². The monoisotopic (exact) mass is 290 g/mol. The van der Waals surface area contributed by atoms with E-state index in [1.165, 1.54) is 12.1 Å². The summed E-state index contributed by atoms with van der Waals surface area (Å²) in [4.78, 5) is 0. The topological polar surface area (TPSA) is 29.5 Å². The highest BCUT2D eigenvalue weighted by Crippen LogP contribution is 2.27. The third-order valence-electron chi connectivity index (χ3n) is 2.71. The van der Waals surface area contributed by atoms with Crippen LogP contribution < -0.4 is 4.74 Å². The van der Waals surface area contributed by atoms with E-state index in [9.17, 15) is 9.50 Å². The van der Waals surface area contributed by atoms with Gasteiger partial charge in [0, 0.05) is 0 Å². The number of benzene rings is 1. The van der Waals surface area contributed by atoms with Gasteiger partial charge in [-0.3, -0.25) is 0 Å². The number of rotatable bonds is 5. The maximum Gasteiger partial charge on any atom is 0.133 e. The van der Waals surface area contributed by atoms with Gasteiger partial charge in [-0.25, -0.2) is 4.39 Å². The highest BCUT2D eigenvalue weighted by Gasteiger charge is 2.23. The third-order valence-corrected chi connectivity index (χ3v) is 3.33. The van der Waals surface area contributed by atoms with Crippen LogP contribution in [0.5, 0.6) is 5.75 Å². The Bertz CT molecular complexity index is 351. The van der Waals surface area contributed by atoms with Crippen molar-refractivity contribution in [3.05, 3.63) is 28.5 Å². The number of aliphatic hydroxyl groups is 1. The molecule has 0 aliphatic heterocycles. The number of hydrogen-bond acceptors (Lipinski definition) is 2. The third kappa shape index (κ3) is 3.46. The predicted octanol–water partition coefficient (Wildman–Crippen LogP) is 3.52. The Labute approximate surface area is 104 Å². The molecule has 0 aliphatic carbocycles. The van der Waals surface area contributed by atoms with E-state index >= 15 is 0 Å². The molecule has 0 radical (unpaired) electrons. The van der Waals surface area contributed by atoms with Crippen LogP contribution in [0.2, 0.25) is 0 Å². The first-order chi connectivity index (χ1) is 7.50. The maximum absolute atomic E-state index is 12.8. The summed E-state index contributed by atoms with van der Waals surface area (Å²) in [5.41, 5.74) is -0.812. The Balaban J connectivity index is 2.67. The van der Waals surface area contributed by atoms with Crippen molar-refractivity contribution in [2.75, 3.05) is 6.61 Å². The molecule has 1 aromatic rings. The molecule has 1 N–H and O–H groups in total. The lowest BCUT2D eigenvalue weighted by Gasteiger charge is -2.25. The summed E-state index contributed by atoms with van der Waals surface area (Å²) in [6, 6.07) is 4.22. The molecule has 2 nitrogen and oxygen atoms in total. The van der Waals surface area contributed by atoms with Gasteiger partial charge in [-0.05, 0) is 47.0 Å². The maximum atomic E-state index is 12.8. The van der Waals surface area contributed by atoms with E-state index in [0.717, 1.165) is 0 Å². The molecule has 16 heavy (non-hydrogen) atoms. The molecule has 90 valence electrons. The molecular weight excluding hydrogens is 275 g/mol. The quantitative estimate of drug-likeness (QED) is 0.899. The van der Waals surface area contributed by atoms with Gasteiger partial charge in [0.25, 0.3) is 0 Å². The molecule has 4 heteroatoms. The summed E-state index contributed by atoms with van der Waals surface area (Å²) < 4.78 is 18.9. The Kier molecular flexibility index (Phi) is 4.74. The summed E-state index contributed by atoms with van der Waals surface area (Å²) in [7, 11) is 0. The van der Waals surface area contributed by atoms with Gasteiger partial charge in [0.1, 0.15) is 18.2 Å². The van der Waals surface area contributed by atoms with E-state index in [1.807, 2.05) is 13.8 Å². The van der Waals surface area contributed by atoms with Crippen molar-refractivity contribution in [2.45, 2.75) is 32.3 Å². The molecule has 0 spiro atoms. The van der Waals surface area contributed by atoms with Gasteiger partial charge in [0.05, 0.1) is 10.1 Å². The van der Waals surface area contributed by atoms with Gasteiger partial charge in [0.2, 0.25) is 0 Å². The molecule has 0 atom stereocenters. The second-order valence-corrected chi connectivity index (χ2v) is 4.65. The minimum atomic E-state index is -0.812. The van der Waals surface area contributed by atoms with E-state index in [4.69, 9.17) is 4.74 Å². The van der Waals surface area contributed by atoms with Gasteiger partial charge >= 0.3 is 0 Å². The van der Waals surface area contributed by atoms with Crippen LogP contribution in [0.15, 0.2) is 22.7 Å². The highest BCUT2D eigenvalue weighted by molar-refractivity contribution is 9.10. The Morgan fingerprint density at radius 2 is 2.00 bits per heavy atom. The normalized spacial score (nSPS) is 11.6. The summed E-state index contributed by atoms with van der Waals surface area (Å²) in [5, 5.41) is 10.0. The molecule has 1 rings (SSSR count). The van der Waals surface area contributed by atoms with E-state index in [0.29, 0.717) is 23.1 Å². The van der Waals surface area contributed by atoms with Crippen molar-refractivity contribution in [1.29, 1.82) is 0 Å². The smallest absolute Gasteiger partial charge is 0.133 e. The zero-order valence-corrected chi connectivity index (χ0v) is 11.1. The first-order valence-electron chi connectivity index (χ1n) is 5.31. The number of halogens is 2. The average Bonchev–Trinajstić information content (AvgIpc) is 2.27. The number of ether oxygens (including phenoxy) is 1.